The fourth-order valence-electron chi connectivity index (χ4n) is 0.327. The molecule has 0 rings (SSSR count). The van der Waals surface area contributed by atoms with Gasteiger partial charge >= 0.3 is 5.91 Å². The molecule has 0 aromatic rings. The Bertz CT molecular complexity index is 217. The smallest absolute Gasteiger partial charge is 0.285 e. The molecule has 0 aromatic heterocycles. The predicted molar refractivity (Wildman–Crippen MR) is 41.4 cm³/mol. The van der Waals surface area contributed by atoms with Crippen molar-refractivity contribution in [1.82, 2.24) is 5.32 Å². The number of carbonyl (C=O) groups excluding carboxylic acids is 2. The van der Waals surface area contributed by atoms with E-state index in [2.05, 4.69) is 5.32 Å². The van der Waals surface area contributed by atoms with Crippen molar-refractivity contribution in [3.05, 3.63) is 0 Å². The first-order chi connectivity index (χ1) is 4.88. The Labute approximate surface area is 66.2 Å². The molecule has 3 nitrogen and oxygen atoms in total. The van der Waals surface area contributed by atoms with Crippen molar-refractivity contribution >= 4 is 11.8 Å². The third kappa shape index (κ3) is 3.41. The van der Waals surface area contributed by atoms with Crippen molar-refractivity contribution in [3.63, 3.8) is 0 Å². The van der Waals surface area contributed by atoms with Crippen molar-refractivity contribution in [3.8, 4) is 12.3 Å². The van der Waals surface area contributed by atoms with Gasteiger partial charge in [0.1, 0.15) is 0 Å². The average Bonchev–Trinajstić information content (AvgIpc) is 1.85. The molecule has 1 N–H and O–H groups in total. The molecule has 2 amide bonds. The van der Waals surface area contributed by atoms with Crippen molar-refractivity contribution in [1.29, 1.82) is 0 Å². The van der Waals surface area contributed by atoms with E-state index in [0.29, 0.717) is 0 Å². The maximum Gasteiger partial charge on any atom is 0.302 e. The maximum absolute atomic E-state index is 11.0. The third-order valence-corrected chi connectivity index (χ3v) is 1.04. The molecule has 0 saturated heterocycles. The zero-order valence-electron chi connectivity index (χ0n) is 6.89. The largest absolute Gasteiger partial charge is 0.302 e. The van der Waals surface area contributed by atoms with Crippen molar-refractivity contribution in [2.24, 2.45) is 5.41 Å². The fraction of sp³-hybridized carbons (Fsp3) is 0.500. The van der Waals surface area contributed by atoms with E-state index in [9.17, 15) is 9.59 Å². The maximum atomic E-state index is 11.0. The van der Waals surface area contributed by atoms with Gasteiger partial charge in [-0.15, -0.1) is 6.42 Å². The van der Waals surface area contributed by atoms with Crippen LogP contribution in [0.15, 0.2) is 0 Å². The van der Waals surface area contributed by atoms with Crippen LogP contribution in [0.2, 0.25) is 0 Å². The number of rotatable bonds is 0. The molecule has 0 heterocycles. The minimum absolute atomic E-state index is 0.361. The Hall–Kier alpha value is -1.30. The molecule has 11 heavy (non-hydrogen) atoms. The zero-order chi connectivity index (χ0) is 9.07. The van der Waals surface area contributed by atoms with Crippen molar-refractivity contribution in [2.45, 2.75) is 20.8 Å². The first-order valence-electron chi connectivity index (χ1n) is 3.20. The second-order valence-corrected chi connectivity index (χ2v) is 3.18. The summed E-state index contributed by atoms with van der Waals surface area (Å²) < 4.78 is 0. The molecule has 0 bridgehead atoms. The molecule has 0 aliphatic rings. The Balaban J connectivity index is 4.13. The van der Waals surface area contributed by atoms with Gasteiger partial charge in [-0.3, -0.25) is 14.9 Å². The van der Waals surface area contributed by atoms with E-state index >= 15 is 0 Å². The molecule has 0 radical (unpaired) electrons. The normalized spacial score (nSPS) is 10.0. The zero-order valence-corrected chi connectivity index (χ0v) is 6.89. The lowest BCUT2D eigenvalue weighted by Crippen LogP contribution is -2.38. The molecular formula is C8H11NO2. The summed E-state index contributed by atoms with van der Waals surface area (Å²) in [6.45, 7) is 5.10. The first kappa shape index (κ1) is 9.70. The van der Waals surface area contributed by atoms with E-state index in [-0.39, 0.29) is 5.91 Å². The highest BCUT2D eigenvalue weighted by Crippen LogP contribution is 2.11. The van der Waals surface area contributed by atoms with Gasteiger partial charge in [-0.05, 0) is 5.92 Å². The van der Waals surface area contributed by atoms with Crippen LogP contribution in [0.4, 0.5) is 0 Å². The van der Waals surface area contributed by atoms with Crippen LogP contribution in [0.25, 0.3) is 0 Å². The molecule has 0 aliphatic heterocycles. The van der Waals surface area contributed by atoms with E-state index in [4.69, 9.17) is 6.42 Å². The number of carbonyl (C=O) groups is 2. The van der Waals surface area contributed by atoms with Crippen molar-refractivity contribution < 1.29 is 9.59 Å². The van der Waals surface area contributed by atoms with Crippen LogP contribution in [0.3, 0.4) is 0 Å². The second-order valence-electron chi connectivity index (χ2n) is 3.18. The minimum atomic E-state index is -0.690. The summed E-state index contributed by atoms with van der Waals surface area (Å²) in [7, 11) is 0. The van der Waals surface area contributed by atoms with Crippen LogP contribution in [0, 0.1) is 17.8 Å². The second kappa shape index (κ2) is 3.20. The van der Waals surface area contributed by atoms with Gasteiger partial charge in [0.05, 0.1) is 0 Å². The third-order valence-electron chi connectivity index (χ3n) is 1.04. The van der Waals surface area contributed by atoms with Crippen LogP contribution in [0.1, 0.15) is 20.8 Å². The van der Waals surface area contributed by atoms with E-state index in [1.807, 2.05) is 0 Å². The van der Waals surface area contributed by atoms with Crippen molar-refractivity contribution in [2.75, 3.05) is 0 Å². The van der Waals surface area contributed by atoms with Crippen LogP contribution >= 0.6 is 0 Å². The summed E-state index contributed by atoms with van der Waals surface area (Å²) in [6, 6.07) is 0. The monoisotopic (exact) mass is 153 g/mol. The van der Waals surface area contributed by atoms with Gasteiger partial charge in [-0.1, -0.05) is 20.8 Å². The van der Waals surface area contributed by atoms with Crippen LogP contribution in [0.5, 0.6) is 0 Å². The predicted octanol–water partition coefficient (Wildman–Crippen LogP) is 0.308. The summed E-state index contributed by atoms with van der Waals surface area (Å²) in [6.07, 6.45) is 4.75. The average molecular weight is 153 g/mol. The number of amides is 2. The summed E-state index contributed by atoms with van der Waals surface area (Å²) in [5, 5.41) is 2.06. The number of nitrogens with one attached hydrogen (secondary N) is 1. The van der Waals surface area contributed by atoms with E-state index in [1.165, 1.54) is 0 Å². The lowest BCUT2D eigenvalue weighted by molar-refractivity contribution is -0.133. The summed E-state index contributed by atoms with van der Waals surface area (Å²) in [5.41, 5.74) is -0.577. The number of terminal acetylenes is 1. The lowest BCUT2D eigenvalue weighted by atomic mass is 9.96. The van der Waals surface area contributed by atoms with Gasteiger partial charge in [0.2, 0.25) is 5.91 Å². The van der Waals surface area contributed by atoms with Gasteiger partial charge in [0, 0.05) is 5.41 Å². The number of imide groups is 1. The lowest BCUT2D eigenvalue weighted by Gasteiger charge is -2.15. The summed E-state index contributed by atoms with van der Waals surface area (Å²) in [5.74, 6) is 0.747. The fourth-order valence-corrected chi connectivity index (χ4v) is 0.327. The molecule has 0 aliphatic carbocycles. The van der Waals surface area contributed by atoms with Gasteiger partial charge in [0.15, 0.2) is 0 Å². The van der Waals surface area contributed by atoms with Crippen LogP contribution in [-0.4, -0.2) is 11.8 Å². The first-order valence-corrected chi connectivity index (χ1v) is 3.20. The molecule has 0 spiro atoms. The molecule has 0 atom stereocenters. The van der Waals surface area contributed by atoms with Crippen LogP contribution in [-0.2, 0) is 9.59 Å². The highest BCUT2D eigenvalue weighted by atomic mass is 16.2. The standard InChI is InChI=1S/C8H11NO2/c1-5-6(10)9-7(11)8(2,3)4/h1H,2-4H3,(H,9,10,11). The number of hydrogen-bond donors (Lipinski definition) is 1. The Morgan fingerprint density at radius 2 is 1.82 bits per heavy atom. The van der Waals surface area contributed by atoms with Gasteiger partial charge in [0.25, 0.3) is 0 Å². The molecule has 3 heteroatoms. The van der Waals surface area contributed by atoms with E-state index in [1.54, 1.807) is 26.7 Å². The molecular weight excluding hydrogens is 142 g/mol. The van der Waals surface area contributed by atoms with Gasteiger partial charge in [-0.25, -0.2) is 0 Å². The van der Waals surface area contributed by atoms with E-state index in [0.717, 1.165) is 0 Å². The topological polar surface area (TPSA) is 46.2 Å². The quantitative estimate of drug-likeness (QED) is 0.509. The molecule has 60 valence electrons. The highest BCUT2D eigenvalue weighted by molar-refractivity contribution is 6.05. The molecule has 0 unspecified atom stereocenters. The minimum Gasteiger partial charge on any atom is -0.285 e. The summed E-state index contributed by atoms with van der Waals surface area (Å²) in [4.78, 5) is 21.5. The summed E-state index contributed by atoms with van der Waals surface area (Å²) >= 11 is 0. The molecule has 0 fully saturated rings. The molecule has 0 aromatic carbocycles. The van der Waals surface area contributed by atoms with E-state index < -0.39 is 11.3 Å². The van der Waals surface area contributed by atoms with Crippen LogP contribution < -0.4 is 5.32 Å². The Kier molecular flexibility index (Phi) is 2.82. The number of hydrogen-bond acceptors (Lipinski definition) is 2. The Morgan fingerprint density at radius 1 is 1.36 bits per heavy atom. The highest BCUT2D eigenvalue weighted by Gasteiger charge is 2.22. The molecule has 0 saturated carbocycles. The Morgan fingerprint density at radius 3 is 2.09 bits per heavy atom. The SMILES string of the molecule is C#CC(=O)NC(=O)C(C)(C)C. The van der Waals surface area contributed by atoms with Gasteiger partial charge < -0.3 is 0 Å². The van der Waals surface area contributed by atoms with Gasteiger partial charge in [-0.2, -0.15) is 0 Å².